The molecule has 0 aromatic rings. The fourth-order valence-corrected chi connectivity index (χ4v) is 2.90. The van der Waals surface area contributed by atoms with E-state index >= 15 is 0 Å². The predicted molar refractivity (Wildman–Crippen MR) is 71.2 cm³/mol. The van der Waals surface area contributed by atoms with Gasteiger partial charge >= 0.3 is 18.0 Å². The Bertz CT molecular complexity index is 513. The quantitative estimate of drug-likeness (QED) is 0.669. The average Bonchev–Trinajstić information content (AvgIpc) is 2.40. The van der Waals surface area contributed by atoms with Crippen LogP contribution in [0.3, 0.4) is 0 Å². The average molecular weight is 345 g/mol. The van der Waals surface area contributed by atoms with Crippen molar-refractivity contribution in [1.82, 2.24) is 14.9 Å². The summed E-state index contributed by atoms with van der Waals surface area (Å²) in [5, 5.41) is 3.73. The second-order valence-corrected chi connectivity index (χ2v) is 7.10. The first kappa shape index (κ1) is 18.7. The van der Waals surface area contributed by atoms with Crippen LogP contribution in [0.1, 0.15) is 12.8 Å². The van der Waals surface area contributed by atoms with Gasteiger partial charge < -0.3 is 10.6 Å². The van der Waals surface area contributed by atoms with Crippen LogP contribution in [0, 0.1) is 5.92 Å². The molecule has 1 aliphatic heterocycles. The fraction of sp³-hybridized carbons (Fsp3) is 0.818. The fourth-order valence-electron chi connectivity index (χ4n) is 2.02. The van der Waals surface area contributed by atoms with Gasteiger partial charge in [-0.2, -0.15) is 13.2 Å². The highest BCUT2D eigenvalue weighted by molar-refractivity contribution is 7.88. The number of hydrogen-bond acceptors (Lipinski definition) is 4. The minimum Gasteiger partial charge on any atom is -0.348 e. The lowest BCUT2D eigenvalue weighted by Gasteiger charge is -2.30. The number of sulfonamides is 1. The van der Waals surface area contributed by atoms with Crippen molar-refractivity contribution in [3.05, 3.63) is 0 Å². The Kier molecular flexibility index (Phi) is 6.17. The molecule has 0 aromatic carbocycles. The molecule has 11 heteroatoms. The maximum absolute atomic E-state index is 11.9. The molecular weight excluding hydrogens is 327 g/mol. The summed E-state index contributed by atoms with van der Waals surface area (Å²) in [5.41, 5.74) is 0. The molecule has 128 valence electrons. The molecule has 1 saturated heterocycles. The Hall–Kier alpha value is -1.36. The Balaban J connectivity index is 2.30. The maximum atomic E-state index is 11.9. The molecule has 0 unspecified atom stereocenters. The molecule has 22 heavy (non-hydrogen) atoms. The van der Waals surface area contributed by atoms with Crippen LogP contribution in [0.4, 0.5) is 13.2 Å². The Morgan fingerprint density at radius 3 is 2.09 bits per heavy atom. The predicted octanol–water partition coefficient (Wildman–Crippen LogP) is -0.547. The van der Waals surface area contributed by atoms with Crippen molar-refractivity contribution >= 4 is 21.8 Å². The van der Waals surface area contributed by atoms with E-state index in [4.69, 9.17) is 0 Å². The van der Waals surface area contributed by atoms with Crippen LogP contribution in [0.5, 0.6) is 0 Å². The number of halogens is 3. The van der Waals surface area contributed by atoms with E-state index in [0.29, 0.717) is 25.9 Å². The number of hydrogen-bond donors (Lipinski definition) is 2. The van der Waals surface area contributed by atoms with Gasteiger partial charge in [-0.25, -0.2) is 12.7 Å². The zero-order valence-corrected chi connectivity index (χ0v) is 12.8. The molecule has 1 rings (SSSR count). The van der Waals surface area contributed by atoms with Crippen molar-refractivity contribution in [1.29, 1.82) is 0 Å². The van der Waals surface area contributed by atoms with Crippen molar-refractivity contribution in [3.63, 3.8) is 0 Å². The summed E-state index contributed by atoms with van der Waals surface area (Å²) >= 11 is 0. The van der Waals surface area contributed by atoms with Crippen molar-refractivity contribution in [2.75, 3.05) is 32.4 Å². The summed E-state index contributed by atoms with van der Waals surface area (Å²) in [7, 11) is -3.24. The monoisotopic (exact) mass is 345 g/mol. The number of carbonyl (C=O) groups excluding carboxylic acids is 2. The normalized spacial score (nSPS) is 18.0. The van der Waals surface area contributed by atoms with Gasteiger partial charge in [-0.05, 0) is 18.8 Å². The Labute approximate surface area is 126 Å². The van der Waals surface area contributed by atoms with Gasteiger partial charge in [0, 0.05) is 19.6 Å². The third kappa shape index (κ3) is 6.60. The molecule has 0 spiro atoms. The second-order valence-electron chi connectivity index (χ2n) is 5.11. The van der Waals surface area contributed by atoms with Crippen molar-refractivity contribution in [3.8, 4) is 0 Å². The van der Waals surface area contributed by atoms with Crippen LogP contribution < -0.4 is 10.6 Å². The van der Waals surface area contributed by atoms with Gasteiger partial charge in [0.15, 0.2) is 0 Å². The smallest absolute Gasteiger partial charge is 0.348 e. The third-order valence-corrected chi connectivity index (χ3v) is 4.55. The SMILES string of the molecule is CS(=O)(=O)N1CCC(CNC(=O)C(=O)NCC(F)(F)F)CC1. The van der Waals surface area contributed by atoms with Gasteiger partial charge in [0.1, 0.15) is 6.54 Å². The Morgan fingerprint density at radius 2 is 1.64 bits per heavy atom. The number of nitrogens with one attached hydrogen (secondary N) is 2. The van der Waals surface area contributed by atoms with Crippen LogP contribution in [-0.2, 0) is 19.6 Å². The first-order valence-corrected chi connectivity index (χ1v) is 8.42. The molecular formula is C11H18F3N3O4S. The minimum absolute atomic E-state index is 0.0163. The molecule has 2 N–H and O–H groups in total. The summed E-state index contributed by atoms with van der Waals surface area (Å²) < 4.78 is 59.6. The molecule has 0 saturated carbocycles. The number of amides is 2. The number of rotatable bonds is 4. The molecule has 1 aliphatic rings. The van der Waals surface area contributed by atoms with Crippen LogP contribution in [0.2, 0.25) is 0 Å². The molecule has 0 atom stereocenters. The molecule has 1 heterocycles. The zero-order chi connectivity index (χ0) is 17.0. The number of carbonyl (C=O) groups is 2. The highest BCUT2D eigenvalue weighted by atomic mass is 32.2. The summed E-state index contributed by atoms with van der Waals surface area (Å²) in [5.74, 6) is -2.49. The van der Waals surface area contributed by atoms with Crippen molar-refractivity contribution in [2.24, 2.45) is 5.92 Å². The van der Waals surface area contributed by atoms with E-state index in [1.807, 2.05) is 0 Å². The number of alkyl halides is 3. The van der Waals surface area contributed by atoms with Crippen molar-refractivity contribution in [2.45, 2.75) is 19.0 Å². The van der Waals surface area contributed by atoms with Gasteiger partial charge in [-0.1, -0.05) is 0 Å². The number of nitrogens with zero attached hydrogens (tertiary/aromatic N) is 1. The van der Waals surface area contributed by atoms with E-state index in [9.17, 15) is 31.2 Å². The second kappa shape index (κ2) is 7.27. The first-order valence-electron chi connectivity index (χ1n) is 6.57. The highest BCUT2D eigenvalue weighted by Crippen LogP contribution is 2.18. The molecule has 2 amide bonds. The van der Waals surface area contributed by atoms with Gasteiger partial charge in [-0.15, -0.1) is 0 Å². The summed E-state index contributed by atoms with van der Waals surface area (Å²) in [6, 6.07) is 0. The van der Waals surface area contributed by atoms with Crippen LogP contribution in [-0.4, -0.2) is 63.1 Å². The maximum Gasteiger partial charge on any atom is 0.405 e. The molecule has 1 fully saturated rings. The minimum atomic E-state index is -4.57. The van der Waals surface area contributed by atoms with Gasteiger partial charge in [0.05, 0.1) is 6.26 Å². The molecule has 0 radical (unpaired) electrons. The molecule has 7 nitrogen and oxygen atoms in total. The summed E-state index contributed by atoms with van der Waals surface area (Å²) in [6.45, 7) is -0.804. The van der Waals surface area contributed by atoms with E-state index in [0.717, 1.165) is 6.26 Å². The van der Waals surface area contributed by atoms with E-state index in [2.05, 4.69) is 5.32 Å². The van der Waals surface area contributed by atoms with Crippen LogP contribution >= 0.6 is 0 Å². The van der Waals surface area contributed by atoms with Gasteiger partial charge in [0.25, 0.3) is 0 Å². The van der Waals surface area contributed by atoms with Gasteiger partial charge in [0.2, 0.25) is 10.0 Å². The van der Waals surface area contributed by atoms with Crippen LogP contribution in [0.25, 0.3) is 0 Å². The standard InChI is InChI=1S/C11H18F3N3O4S/c1-22(20,21)17-4-2-8(3-5-17)6-15-9(18)10(19)16-7-11(12,13)14/h8H,2-7H2,1H3,(H,15,18)(H,16,19). The summed E-state index contributed by atoms with van der Waals surface area (Å²) in [4.78, 5) is 22.5. The summed E-state index contributed by atoms with van der Waals surface area (Å²) in [6.07, 6.45) is -2.44. The third-order valence-electron chi connectivity index (χ3n) is 3.25. The first-order chi connectivity index (χ1) is 9.99. The largest absolute Gasteiger partial charge is 0.405 e. The lowest BCUT2D eigenvalue weighted by Crippen LogP contribution is -2.46. The van der Waals surface area contributed by atoms with Crippen molar-refractivity contribution < 1.29 is 31.2 Å². The van der Waals surface area contributed by atoms with Crippen LogP contribution in [0.15, 0.2) is 0 Å². The zero-order valence-electron chi connectivity index (χ0n) is 11.9. The topological polar surface area (TPSA) is 95.6 Å². The number of piperidine rings is 1. The van der Waals surface area contributed by atoms with E-state index in [1.165, 1.54) is 9.62 Å². The van der Waals surface area contributed by atoms with Gasteiger partial charge in [-0.3, -0.25) is 9.59 Å². The lowest BCUT2D eigenvalue weighted by molar-refractivity contribution is -0.146. The lowest BCUT2D eigenvalue weighted by atomic mass is 9.98. The van der Waals surface area contributed by atoms with E-state index in [-0.39, 0.29) is 12.5 Å². The van der Waals surface area contributed by atoms with E-state index in [1.54, 1.807) is 0 Å². The molecule has 0 aliphatic carbocycles. The van der Waals surface area contributed by atoms with E-state index < -0.39 is 34.6 Å². The highest BCUT2D eigenvalue weighted by Gasteiger charge is 2.29. The molecule has 0 aromatic heterocycles. The Morgan fingerprint density at radius 1 is 1.14 bits per heavy atom. The molecule has 0 bridgehead atoms.